The first-order chi connectivity index (χ1) is 9.67. The smallest absolute Gasteiger partial charge is 0.123 e. The summed E-state index contributed by atoms with van der Waals surface area (Å²) in [5, 5.41) is 10.0. The van der Waals surface area contributed by atoms with Gasteiger partial charge in [0, 0.05) is 29.3 Å². The van der Waals surface area contributed by atoms with Crippen molar-refractivity contribution in [3.8, 4) is 6.07 Å². The Morgan fingerprint density at radius 2 is 1.90 bits per heavy atom. The number of fused-ring (bicyclic) bond motifs is 1. The van der Waals surface area contributed by atoms with E-state index in [0.717, 1.165) is 16.5 Å². The Morgan fingerprint density at radius 1 is 1.15 bits per heavy atom. The predicted molar refractivity (Wildman–Crippen MR) is 76.6 cm³/mol. The lowest BCUT2D eigenvalue weighted by Gasteiger charge is -2.05. The Hall–Kier alpha value is -2.80. The van der Waals surface area contributed by atoms with E-state index in [0.29, 0.717) is 17.8 Å². The molecular weight excluding hydrogens is 253 g/mol. The van der Waals surface area contributed by atoms with Crippen molar-refractivity contribution in [3.63, 3.8) is 0 Å². The third-order valence-electron chi connectivity index (χ3n) is 3.29. The fourth-order valence-electron chi connectivity index (χ4n) is 2.32. The summed E-state index contributed by atoms with van der Waals surface area (Å²) in [6.45, 7) is 0.586. The zero-order valence-electron chi connectivity index (χ0n) is 10.7. The van der Waals surface area contributed by atoms with Gasteiger partial charge in [0.1, 0.15) is 11.9 Å². The lowest BCUT2D eigenvalue weighted by atomic mass is 10.2. The van der Waals surface area contributed by atoms with Crippen molar-refractivity contribution in [2.45, 2.75) is 6.54 Å². The third-order valence-corrected chi connectivity index (χ3v) is 3.29. The molecule has 0 unspecified atom stereocenters. The number of hydrogen-bond donors (Lipinski definition) is 1. The van der Waals surface area contributed by atoms with E-state index < -0.39 is 0 Å². The first-order valence-corrected chi connectivity index (χ1v) is 6.20. The SMILES string of the molecule is N#Cc1cn(Cc2ccc(F)cc2)c2ccc(N)cc12. The molecular formula is C16H12FN3. The van der Waals surface area contributed by atoms with Crippen LogP contribution in [0.4, 0.5) is 10.1 Å². The molecule has 0 bridgehead atoms. The van der Waals surface area contributed by atoms with Crippen molar-refractivity contribution < 1.29 is 4.39 Å². The van der Waals surface area contributed by atoms with E-state index >= 15 is 0 Å². The minimum Gasteiger partial charge on any atom is -0.399 e. The van der Waals surface area contributed by atoms with E-state index in [1.165, 1.54) is 12.1 Å². The average molecular weight is 265 g/mol. The minimum atomic E-state index is -0.253. The van der Waals surface area contributed by atoms with Crippen LogP contribution >= 0.6 is 0 Å². The molecule has 0 amide bonds. The van der Waals surface area contributed by atoms with Crippen LogP contribution < -0.4 is 5.73 Å². The molecule has 3 aromatic rings. The zero-order valence-corrected chi connectivity index (χ0v) is 10.7. The van der Waals surface area contributed by atoms with E-state index in [4.69, 9.17) is 5.73 Å². The summed E-state index contributed by atoms with van der Waals surface area (Å²) in [7, 11) is 0. The molecule has 0 radical (unpaired) electrons. The second-order valence-electron chi connectivity index (χ2n) is 4.69. The van der Waals surface area contributed by atoms with Crippen LogP contribution in [0.1, 0.15) is 11.1 Å². The van der Waals surface area contributed by atoms with E-state index in [1.54, 1.807) is 24.4 Å². The summed E-state index contributed by atoms with van der Waals surface area (Å²) in [5.74, 6) is -0.253. The largest absolute Gasteiger partial charge is 0.399 e. The van der Waals surface area contributed by atoms with Crippen LogP contribution in [0.3, 0.4) is 0 Å². The van der Waals surface area contributed by atoms with Gasteiger partial charge in [-0.2, -0.15) is 5.26 Å². The van der Waals surface area contributed by atoms with Gasteiger partial charge in [0.2, 0.25) is 0 Å². The molecule has 3 rings (SSSR count). The maximum atomic E-state index is 12.9. The predicted octanol–water partition coefficient (Wildman–Crippen LogP) is 3.28. The normalized spacial score (nSPS) is 10.6. The van der Waals surface area contributed by atoms with E-state index in [-0.39, 0.29) is 5.82 Å². The highest BCUT2D eigenvalue weighted by atomic mass is 19.1. The number of nitriles is 1. The van der Waals surface area contributed by atoms with E-state index in [2.05, 4.69) is 6.07 Å². The lowest BCUT2D eigenvalue weighted by molar-refractivity contribution is 0.626. The quantitative estimate of drug-likeness (QED) is 0.723. The second-order valence-corrected chi connectivity index (χ2v) is 4.69. The van der Waals surface area contributed by atoms with Gasteiger partial charge in [-0.3, -0.25) is 0 Å². The van der Waals surface area contributed by atoms with Gasteiger partial charge in [0.25, 0.3) is 0 Å². The molecule has 1 aromatic heterocycles. The molecule has 98 valence electrons. The summed E-state index contributed by atoms with van der Waals surface area (Å²) in [6, 6.07) is 14.0. The molecule has 0 saturated heterocycles. The topological polar surface area (TPSA) is 54.7 Å². The Kier molecular flexibility index (Phi) is 2.88. The number of nitrogens with zero attached hydrogens (tertiary/aromatic N) is 2. The number of aromatic nitrogens is 1. The van der Waals surface area contributed by atoms with Crippen molar-refractivity contribution in [1.82, 2.24) is 4.57 Å². The first-order valence-electron chi connectivity index (χ1n) is 6.20. The monoisotopic (exact) mass is 265 g/mol. The molecule has 0 saturated carbocycles. The second kappa shape index (κ2) is 4.71. The van der Waals surface area contributed by atoms with Gasteiger partial charge in [0.05, 0.1) is 5.56 Å². The average Bonchev–Trinajstić information content (AvgIpc) is 2.78. The number of halogens is 1. The van der Waals surface area contributed by atoms with Crippen molar-refractivity contribution in [2.75, 3.05) is 5.73 Å². The first kappa shape index (κ1) is 12.2. The molecule has 0 aliphatic carbocycles. The van der Waals surface area contributed by atoms with E-state index in [9.17, 15) is 9.65 Å². The number of hydrogen-bond acceptors (Lipinski definition) is 2. The van der Waals surface area contributed by atoms with Gasteiger partial charge in [-0.15, -0.1) is 0 Å². The highest BCUT2D eigenvalue weighted by Crippen LogP contribution is 2.24. The van der Waals surface area contributed by atoms with Crippen molar-refractivity contribution in [1.29, 1.82) is 5.26 Å². The van der Waals surface area contributed by atoms with Gasteiger partial charge in [0.15, 0.2) is 0 Å². The van der Waals surface area contributed by atoms with Crippen LogP contribution in [0.2, 0.25) is 0 Å². The van der Waals surface area contributed by atoms with Crippen molar-refractivity contribution >= 4 is 16.6 Å². The molecule has 0 aliphatic heterocycles. The Labute approximate surface area is 115 Å². The third kappa shape index (κ3) is 2.10. The van der Waals surface area contributed by atoms with Gasteiger partial charge in [-0.25, -0.2) is 4.39 Å². The molecule has 3 nitrogen and oxygen atoms in total. The molecule has 0 spiro atoms. The molecule has 1 heterocycles. The standard InChI is InChI=1S/C16H12FN3/c17-13-3-1-11(2-4-13)9-20-10-12(8-18)15-7-14(19)5-6-16(15)20/h1-7,10H,9,19H2. The Morgan fingerprint density at radius 3 is 2.60 bits per heavy atom. The zero-order chi connectivity index (χ0) is 14.1. The highest BCUT2D eigenvalue weighted by Gasteiger charge is 2.09. The van der Waals surface area contributed by atoms with E-state index in [1.807, 2.05) is 16.7 Å². The van der Waals surface area contributed by atoms with Crippen molar-refractivity contribution in [2.24, 2.45) is 0 Å². The number of anilines is 1. The number of rotatable bonds is 2. The number of nitrogen functional groups attached to an aromatic ring is 1. The fraction of sp³-hybridized carbons (Fsp3) is 0.0625. The molecule has 20 heavy (non-hydrogen) atoms. The molecule has 4 heteroatoms. The van der Waals surface area contributed by atoms with Crippen LogP contribution in [0, 0.1) is 17.1 Å². The summed E-state index contributed by atoms with van der Waals surface area (Å²) in [4.78, 5) is 0. The maximum Gasteiger partial charge on any atom is 0.123 e. The van der Waals surface area contributed by atoms with Crippen LogP contribution in [-0.2, 0) is 6.54 Å². The van der Waals surface area contributed by atoms with Crippen LogP contribution in [0.25, 0.3) is 10.9 Å². The van der Waals surface area contributed by atoms with Crippen LogP contribution in [-0.4, -0.2) is 4.57 Å². The van der Waals surface area contributed by atoms with Gasteiger partial charge in [-0.05, 0) is 35.9 Å². The van der Waals surface area contributed by atoms with Crippen LogP contribution in [0.5, 0.6) is 0 Å². The minimum absolute atomic E-state index is 0.253. The summed E-state index contributed by atoms with van der Waals surface area (Å²) >= 11 is 0. The molecule has 0 aliphatic rings. The highest BCUT2D eigenvalue weighted by molar-refractivity contribution is 5.89. The summed E-state index contributed by atoms with van der Waals surface area (Å²) in [5.41, 5.74) is 8.91. The van der Waals surface area contributed by atoms with Crippen LogP contribution in [0.15, 0.2) is 48.7 Å². The molecule has 0 fully saturated rings. The summed E-state index contributed by atoms with van der Waals surface area (Å²) < 4.78 is 14.9. The number of benzene rings is 2. The maximum absolute atomic E-state index is 12.9. The lowest BCUT2D eigenvalue weighted by Crippen LogP contribution is -1.98. The van der Waals surface area contributed by atoms with Gasteiger partial charge >= 0.3 is 0 Å². The van der Waals surface area contributed by atoms with Gasteiger partial charge < -0.3 is 10.3 Å². The Bertz CT molecular complexity index is 810. The van der Waals surface area contributed by atoms with Crippen molar-refractivity contribution in [3.05, 3.63) is 65.6 Å². The molecule has 2 N–H and O–H groups in total. The number of nitrogens with two attached hydrogens (primary N) is 1. The fourth-order valence-corrected chi connectivity index (χ4v) is 2.32. The molecule has 2 aromatic carbocycles. The molecule has 0 atom stereocenters. The Balaban J connectivity index is 2.08. The summed E-state index contributed by atoms with van der Waals surface area (Å²) in [6.07, 6.45) is 1.80. The van der Waals surface area contributed by atoms with Gasteiger partial charge in [-0.1, -0.05) is 12.1 Å².